The minimum Gasteiger partial charge on any atom is -0.303 e. The number of terminal acetylenes is 1. The van der Waals surface area contributed by atoms with Crippen molar-refractivity contribution < 1.29 is 4.48 Å². The Morgan fingerprint density at radius 1 is 1.15 bits per heavy atom. The van der Waals surface area contributed by atoms with Crippen LogP contribution in [0.4, 0.5) is 0 Å². The summed E-state index contributed by atoms with van der Waals surface area (Å²) in [4.78, 5) is 0. The fraction of sp³-hybridized carbons (Fsp3) is 0.529. The molecule has 20 heavy (non-hydrogen) atoms. The Labute approximate surface area is 142 Å². The van der Waals surface area contributed by atoms with Crippen LogP contribution in [0.2, 0.25) is 5.02 Å². The topological polar surface area (TPSA) is 0 Å². The van der Waals surface area contributed by atoms with Crippen molar-refractivity contribution in [3.63, 3.8) is 0 Å². The van der Waals surface area contributed by atoms with Gasteiger partial charge in [-0.25, -0.2) is 0 Å². The molecule has 1 unspecified atom stereocenters. The third kappa shape index (κ3) is 4.95. The molecule has 0 saturated heterocycles. The van der Waals surface area contributed by atoms with Crippen LogP contribution in [-0.2, 0) is 6.42 Å². The summed E-state index contributed by atoms with van der Waals surface area (Å²) >= 11 is 8.37. The first-order valence-electron chi connectivity index (χ1n) is 7.28. The van der Waals surface area contributed by atoms with Crippen LogP contribution in [0, 0.1) is 12.3 Å². The number of benzene rings is 1. The van der Waals surface area contributed by atoms with E-state index in [9.17, 15) is 0 Å². The molecule has 0 aromatic heterocycles. The van der Waals surface area contributed by atoms with E-state index in [4.69, 9.17) is 18.0 Å². The van der Waals surface area contributed by atoms with E-state index in [1.807, 2.05) is 12.1 Å². The quantitative estimate of drug-likeness (QED) is 0.190. The predicted molar refractivity (Wildman–Crippen MR) is 97.2 cm³/mol. The van der Waals surface area contributed by atoms with Crippen LogP contribution in [-0.4, -0.2) is 28.2 Å². The van der Waals surface area contributed by atoms with E-state index in [0.29, 0.717) is 0 Å². The first kappa shape index (κ1) is 17.8. The summed E-state index contributed by atoms with van der Waals surface area (Å²) in [6.45, 7) is 7.88. The van der Waals surface area contributed by atoms with Crippen LogP contribution in [0.25, 0.3) is 0 Å². The molecule has 0 bridgehead atoms. The number of hydrogen-bond acceptors (Lipinski definition) is 0. The van der Waals surface area contributed by atoms with Crippen molar-refractivity contribution in [1.29, 1.82) is 0 Å². The van der Waals surface area contributed by atoms with E-state index in [1.165, 1.54) is 18.4 Å². The molecule has 0 amide bonds. The van der Waals surface area contributed by atoms with Crippen LogP contribution in [0.3, 0.4) is 0 Å². The van der Waals surface area contributed by atoms with Gasteiger partial charge in [0.1, 0.15) is 0 Å². The molecular formula is C17H24ClIN+. The second-order valence-electron chi connectivity index (χ2n) is 5.27. The number of nitrogens with zero attached hydrogens (tertiary/aromatic N) is 1. The van der Waals surface area contributed by atoms with Crippen molar-refractivity contribution in [2.24, 2.45) is 0 Å². The molecule has 1 nitrogen and oxygen atoms in total. The van der Waals surface area contributed by atoms with E-state index in [1.54, 1.807) is 0 Å². The van der Waals surface area contributed by atoms with Crippen molar-refractivity contribution in [2.75, 3.05) is 19.6 Å². The summed E-state index contributed by atoms with van der Waals surface area (Å²) < 4.78 is 1.27. The van der Waals surface area contributed by atoms with Crippen LogP contribution in [0.15, 0.2) is 24.3 Å². The lowest BCUT2D eigenvalue weighted by Crippen LogP contribution is -2.54. The smallest absolute Gasteiger partial charge is 0.200 e. The number of halogens is 2. The van der Waals surface area contributed by atoms with Crippen molar-refractivity contribution in [3.05, 3.63) is 34.9 Å². The molecule has 110 valence electrons. The molecule has 0 fully saturated rings. The zero-order valence-corrected chi connectivity index (χ0v) is 15.3. The summed E-state index contributed by atoms with van der Waals surface area (Å²) in [5.41, 5.74) is 1.34. The van der Waals surface area contributed by atoms with Crippen LogP contribution in [0.5, 0.6) is 0 Å². The molecule has 1 aromatic rings. The zero-order chi connectivity index (χ0) is 15.0. The fourth-order valence-corrected chi connectivity index (χ4v) is 3.69. The lowest BCUT2D eigenvalue weighted by molar-refractivity contribution is -0.927. The van der Waals surface area contributed by atoms with Crippen LogP contribution in [0.1, 0.15) is 32.3 Å². The van der Waals surface area contributed by atoms with Gasteiger partial charge in [-0.3, -0.25) is 0 Å². The third-order valence-corrected chi connectivity index (χ3v) is 5.51. The van der Waals surface area contributed by atoms with E-state index in [2.05, 4.69) is 54.5 Å². The van der Waals surface area contributed by atoms with Gasteiger partial charge in [-0.1, -0.05) is 37.6 Å². The highest BCUT2D eigenvalue weighted by Crippen LogP contribution is 2.23. The van der Waals surface area contributed by atoms with E-state index >= 15 is 0 Å². The largest absolute Gasteiger partial charge is 0.303 e. The van der Waals surface area contributed by atoms with Crippen LogP contribution < -0.4 is 0 Å². The molecule has 0 N–H and O–H groups in total. The Morgan fingerprint density at radius 2 is 1.70 bits per heavy atom. The summed E-state index contributed by atoms with van der Waals surface area (Å²) in [5, 5.41) is 0.798. The van der Waals surface area contributed by atoms with Gasteiger partial charge >= 0.3 is 0 Å². The molecule has 1 rings (SSSR count). The monoisotopic (exact) mass is 404 g/mol. The van der Waals surface area contributed by atoms with Crippen molar-refractivity contribution in [2.45, 2.75) is 37.2 Å². The van der Waals surface area contributed by atoms with E-state index < -0.39 is 0 Å². The number of rotatable bonds is 8. The van der Waals surface area contributed by atoms with Crippen molar-refractivity contribution in [3.8, 4) is 12.3 Å². The summed E-state index contributed by atoms with van der Waals surface area (Å²) in [7, 11) is 0. The average Bonchev–Trinajstić information content (AvgIpc) is 2.46. The van der Waals surface area contributed by atoms with Gasteiger partial charge in [0, 0.05) is 34.0 Å². The average molecular weight is 405 g/mol. The number of hydrogen-bond donors (Lipinski definition) is 0. The SMILES string of the molecule is C#CC(I)[N+](CCC)(CCC)CCc1ccc(Cl)cc1. The van der Waals surface area contributed by atoms with E-state index in [0.717, 1.165) is 35.6 Å². The fourth-order valence-electron chi connectivity index (χ4n) is 2.73. The molecule has 0 aliphatic carbocycles. The molecule has 0 aliphatic rings. The molecule has 1 aromatic carbocycles. The van der Waals surface area contributed by atoms with Gasteiger partial charge < -0.3 is 4.48 Å². The first-order valence-corrected chi connectivity index (χ1v) is 8.90. The zero-order valence-electron chi connectivity index (χ0n) is 12.4. The van der Waals surface area contributed by atoms with Crippen molar-refractivity contribution in [1.82, 2.24) is 0 Å². The Hall–Kier alpha value is -0.240. The van der Waals surface area contributed by atoms with E-state index in [-0.39, 0.29) is 4.05 Å². The molecule has 3 heteroatoms. The molecule has 0 heterocycles. The molecule has 0 radical (unpaired) electrons. The molecule has 0 saturated carbocycles. The third-order valence-electron chi connectivity index (χ3n) is 3.72. The maximum atomic E-state index is 5.94. The highest BCUT2D eigenvalue weighted by molar-refractivity contribution is 14.1. The second-order valence-corrected chi connectivity index (χ2v) is 6.88. The van der Waals surface area contributed by atoms with Crippen LogP contribution >= 0.6 is 34.2 Å². The number of quaternary nitrogens is 1. The molecule has 0 spiro atoms. The maximum Gasteiger partial charge on any atom is 0.200 e. The normalized spacial score (nSPS) is 12.9. The first-order chi connectivity index (χ1) is 9.57. The Bertz CT molecular complexity index is 429. The van der Waals surface area contributed by atoms with Gasteiger partial charge in [-0.15, -0.1) is 6.42 Å². The highest BCUT2D eigenvalue weighted by Gasteiger charge is 2.32. The minimum absolute atomic E-state index is 0.250. The summed E-state index contributed by atoms with van der Waals surface area (Å²) in [5.74, 6) is 2.96. The van der Waals surface area contributed by atoms with Gasteiger partial charge in [0.15, 0.2) is 0 Å². The summed E-state index contributed by atoms with van der Waals surface area (Å²) in [6, 6.07) is 8.17. The van der Waals surface area contributed by atoms with Gasteiger partial charge in [0.2, 0.25) is 4.05 Å². The Morgan fingerprint density at radius 3 is 2.15 bits per heavy atom. The molecule has 0 aliphatic heterocycles. The lowest BCUT2D eigenvalue weighted by Gasteiger charge is -2.40. The minimum atomic E-state index is 0.250. The number of alkyl halides is 1. The van der Waals surface area contributed by atoms with Crippen molar-refractivity contribution >= 4 is 34.2 Å². The second kappa shape index (κ2) is 8.92. The predicted octanol–water partition coefficient (Wildman–Crippen LogP) is 4.91. The maximum absolute atomic E-state index is 5.94. The molecular weight excluding hydrogens is 381 g/mol. The lowest BCUT2D eigenvalue weighted by atomic mass is 10.1. The van der Waals surface area contributed by atoms with Gasteiger partial charge in [0.25, 0.3) is 0 Å². The summed E-state index contributed by atoms with van der Waals surface area (Å²) in [6.07, 6.45) is 9.11. The van der Waals surface area contributed by atoms with Gasteiger partial charge in [-0.2, -0.15) is 0 Å². The standard InChI is InChI=1S/C17H24ClIN/c1-4-12-20(13-5-2,17(19)6-3)14-11-15-7-9-16(18)10-8-15/h3,7-10,17H,4-5,11-14H2,1-2H3/q+1. The Balaban J connectivity index is 2.82. The Kier molecular flexibility index (Phi) is 7.94. The highest BCUT2D eigenvalue weighted by atomic mass is 127. The molecule has 1 atom stereocenters. The van der Waals surface area contributed by atoms with Gasteiger partial charge in [-0.05, 0) is 36.5 Å². The van der Waals surface area contributed by atoms with Gasteiger partial charge in [0.05, 0.1) is 19.6 Å².